The fourth-order valence-electron chi connectivity index (χ4n) is 0.952. The Morgan fingerprint density at radius 3 is 2.29 bits per heavy atom. The molecule has 6 heteroatoms. The Morgan fingerprint density at radius 2 is 1.93 bits per heavy atom. The SMILES string of the molecule is COCCN(CCCl)S(=O)(=O)C(C)C. The maximum absolute atomic E-state index is 11.7. The van der Waals surface area contributed by atoms with E-state index in [0.29, 0.717) is 25.6 Å². The van der Waals surface area contributed by atoms with Gasteiger partial charge in [0.25, 0.3) is 0 Å². The number of hydrogen-bond acceptors (Lipinski definition) is 3. The zero-order valence-corrected chi connectivity index (χ0v) is 10.4. The van der Waals surface area contributed by atoms with Crippen LogP contribution in [0.1, 0.15) is 13.8 Å². The van der Waals surface area contributed by atoms with Crippen molar-refractivity contribution in [1.29, 1.82) is 0 Å². The van der Waals surface area contributed by atoms with Gasteiger partial charge in [0.2, 0.25) is 10.0 Å². The van der Waals surface area contributed by atoms with Crippen molar-refractivity contribution < 1.29 is 13.2 Å². The first-order valence-electron chi connectivity index (χ1n) is 4.50. The molecular weight excluding hydrogens is 226 g/mol. The molecule has 0 atom stereocenters. The molecule has 0 aromatic carbocycles. The summed E-state index contributed by atoms with van der Waals surface area (Å²) >= 11 is 5.54. The quantitative estimate of drug-likeness (QED) is 0.625. The predicted octanol–water partition coefficient (Wildman–Crippen LogP) is 0.912. The van der Waals surface area contributed by atoms with Crippen LogP contribution in [0, 0.1) is 0 Å². The molecule has 0 saturated heterocycles. The summed E-state index contributed by atoms with van der Waals surface area (Å²) in [5, 5.41) is -0.414. The first-order chi connectivity index (χ1) is 6.46. The van der Waals surface area contributed by atoms with Crippen molar-refractivity contribution in [3.8, 4) is 0 Å². The van der Waals surface area contributed by atoms with Gasteiger partial charge in [0.1, 0.15) is 0 Å². The fourth-order valence-corrected chi connectivity index (χ4v) is 2.53. The highest BCUT2D eigenvalue weighted by Gasteiger charge is 2.24. The second kappa shape index (κ2) is 6.61. The number of ether oxygens (including phenoxy) is 1. The van der Waals surface area contributed by atoms with Gasteiger partial charge < -0.3 is 4.74 Å². The van der Waals surface area contributed by atoms with Crippen molar-refractivity contribution >= 4 is 21.6 Å². The fraction of sp³-hybridized carbons (Fsp3) is 1.00. The van der Waals surface area contributed by atoms with E-state index in [4.69, 9.17) is 16.3 Å². The van der Waals surface area contributed by atoms with Gasteiger partial charge in [-0.1, -0.05) is 0 Å². The molecule has 0 radical (unpaired) electrons. The molecule has 0 aliphatic rings. The number of methoxy groups -OCH3 is 1. The first-order valence-corrected chi connectivity index (χ1v) is 6.54. The Kier molecular flexibility index (Phi) is 6.68. The molecule has 0 bridgehead atoms. The highest BCUT2D eigenvalue weighted by atomic mass is 35.5. The van der Waals surface area contributed by atoms with Gasteiger partial charge >= 0.3 is 0 Å². The average Bonchev–Trinajstić information content (AvgIpc) is 2.11. The van der Waals surface area contributed by atoms with Gasteiger partial charge in [0.05, 0.1) is 11.9 Å². The van der Waals surface area contributed by atoms with Crippen molar-refractivity contribution in [2.45, 2.75) is 19.1 Å². The number of sulfonamides is 1. The van der Waals surface area contributed by atoms with E-state index >= 15 is 0 Å². The molecule has 0 aliphatic carbocycles. The van der Waals surface area contributed by atoms with Crippen molar-refractivity contribution in [2.75, 3.05) is 32.7 Å². The maximum Gasteiger partial charge on any atom is 0.216 e. The van der Waals surface area contributed by atoms with Crippen LogP contribution >= 0.6 is 11.6 Å². The number of halogens is 1. The molecule has 14 heavy (non-hydrogen) atoms. The molecule has 0 unspecified atom stereocenters. The van der Waals surface area contributed by atoms with Gasteiger partial charge in [-0.3, -0.25) is 0 Å². The molecule has 0 heterocycles. The van der Waals surface area contributed by atoms with Crippen LogP contribution in [0.4, 0.5) is 0 Å². The standard InChI is InChI=1S/C8H18ClNO3S/c1-8(2)14(11,12)10(5-4-9)6-7-13-3/h8H,4-7H2,1-3H3. The van der Waals surface area contributed by atoms with Gasteiger partial charge in [-0.25, -0.2) is 8.42 Å². The predicted molar refractivity (Wildman–Crippen MR) is 58.2 cm³/mol. The van der Waals surface area contributed by atoms with E-state index in [9.17, 15) is 8.42 Å². The van der Waals surface area contributed by atoms with Crippen LogP contribution in [0.5, 0.6) is 0 Å². The molecule has 86 valence electrons. The van der Waals surface area contributed by atoms with Crippen molar-refractivity contribution in [2.24, 2.45) is 0 Å². The third kappa shape index (κ3) is 4.13. The molecule has 0 amide bonds. The smallest absolute Gasteiger partial charge is 0.216 e. The van der Waals surface area contributed by atoms with E-state index in [-0.39, 0.29) is 0 Å². The summed E-state index contributed by atoms with van der Waals surface area (Å²) in [5.41, 5.74) is 0. The van der Waals surface area contributed by atoms with E-state index in [1.165, 1.54) is 4.31 Å². The van der Waals surface area contributed by atoms with Crippen molar-refractivity contribution in [1.82, 2.24) is 4.31 Å². The molecule has 0 spiro atoms. The molecule has 4 nitrogen and oxygen atoms in total. The van der Waals surface area contributed by atoms with Crippen LogP contribution in [0.15, 0.2) is 0 Å². The van der Waals surface area contributed by atoms with E-state index in [0.717, 1.165) is 0 Å². The Labute approximate surface area is 91.2 Å². The molecule has 0 rings (SSSR count). The third-order valence-corrected chi connectivity index (χ3v) is 4.28. The lowest BCUT2D eigenvalue weighted by atomic mass is 10.6. The van der Waals surface area contributed by atoms with Crippen LogP contribution in [-0.2, 0) is 14.8 Å². The summed E-state index contributed by atoms with van der Waals surface area (Å²) in [6.45, 7) is 4.41. The Bertz CT molecular complexity index is 241. The maximum atomic E-state index is 11.7. The van der Waals surface area contributed by atoms with Gasteiger partial charge in [-0.05, 0) is 13.8 Å². The Balaban J connectivity index is 4.47. The van der Waals surface area contributed by atoms with Gasteiger partial charge in [-0.15, -0.1) is 11.6 Å². The summed E-state index contributed by atoms with van der Waals surface area (Å²) in [6, 6.07) is 0. The van der Waals surface area contributed by atoms with Gasteiger partial charge in [0, 0.05) is 26.1 Å². The van der Waals surface area contributed by atoms with Gasteiger partial charge in [0.15, 0.2) is 0 Å². The van der Waals surface area contributed by atoms with Crippen LogP contribution in [0.25, 0.3) is 0 Å². The van der Waals surface area contributed by atoms with Crippen LogP contribution in [0.2, 0.25) is 0 Å². The van der Waals surface area contributed by atoms with E-state index < -0.39 is 15.3 Å². The summed E-state index contributed by atoms with van der Waals surface area (Å²) in [6.07, 6.45) is 0. The summed E-state index contributed by atoms with van der Waals surface area (Å²) < 4.78 is 29.7. The minimum atomic E-state index is -3.20. The highest BCUT2D eigenvalue weighted by molar-refractivity contribution is 7.89. The number of nitrogens with zero attached hydrogens (tertiary/aromatic N) is 1. The zero-order chi connectivity index (χ0) is 11.2. The van der Waals surface area contributed by atoms with E-state index in [2.05, 4.69) is 0 Å². The Morgan fingerprint density at radius 1 is 1.36 bits per heavy atom. The number of alkyl halides is 1. The normalized spacial score (nSPS) is 12.7. The van der Waals surface area contributed by atoms with Crippen LogP contribution in [0.3, 0.4) is 0 Å². The minimum Gasteiger partial charge on any atom is -0.383 e. The lowest BCUT2D eigenvalue weighted by molar-refractivity contribution is 0.180. The monoisotopic (exact) mass is 243 g/mol. The van der Waals surface area contributed by atoms with Crippen molar-refractivity contribution in [3.05, 3.63) is 0 Å². The summed E-state index contributed by atoms with van der Waals surface area (Å²) in [4.78, 5) is 0. The van der Waals surface area contributed by atoms with Crippen LogP contribution < -0.4 is 0 Å². The second-order valence-corrected chi connectivity index (χ2v) is 6.04. The lowest BCUT2D eigenvalue weighted by Crippen LogP contribution is -2.39. The topological polar surface area (TPSA) is 46.6 Å². The minimum absolute atomic E-state index is 0.301. The molecule has 0 N–H and O–H groups in total. The molecule has 0 saturated carbocycles. The molecule has 0 aliphatic heterocycles. The first kappa shape index (κ1) is 14.2. The highest BCUT2D eigenvalue weighted by Crippen LogP contribution is 2.08. The van der Waals surface area contributed by atoms with Gasteiger partial charge in [-0.2, -0.15) is 4.31 Å². The largest absolute Gasteiger partial charge is 0.383 e. The van der Waals surface area contributed by atoms with Crippen LogP contribution in [-0.4, -0.2) is 50.7 Å². The molecule has 0 fully saturated rings. The molecule has 0 aromatic heterocycles. The molecular formula is C8H18ClNO3S. The average molecular weight is 244 g/mol. The number of rotatable bonds is 7. The van der Waals surface area contributed by atoms with Crippen molar-refractivity contribution in [3.63, 3.8) is 0 Å². The summed E-state index contributed by atoms with van der Waals surface area (Å²) in [7, 11) is -1.66. The summed E-state index contributed by atoms with van der Waals surface area (Å²) in [5.74, 6) is 0.301. The second-order valence-electron chi connectivity index (χ2n) is 3.17. The number of hydrogen-bond donors (Lipinski definition) is 0. The molecule has 0 aromatic rings. The zero-order valence-electron chi connectivity index (χ0n) is 8.86. The lowest BCUT2D eigenvalue weighted by Gasteiger charge is -2.22. The van der Waals surface area contributed by atoms with E-state index in [1.54, 1.807) is 21.0 Å². The van der Waals surface area contributed by atoms with E-state index in [1.807, 2.05) is 0 Å². The third-order valence-electron chi connectivity index (χ3n) is 1.83. The Hall–Kier alpha value is 0.160.